The maximum atomic E-state index is 12.0. The number of nitrogens with zero attached hydrogens (tertiary/aromatic N) is 5. The van der Waals surface area contributed by atoms with Gasteiger partial charge in [0.25, 0.3) is 0 Å². The molecule has 0 radical (unpaired) electrons. The summed E-state index contributed by atoms with van der Waals surface area (Å²) < 4.78 is 25.9. The van der Waals surface area contributed by atoms with Crippen molar-refractivity contribution in [3.8, 4) is 22.6 Å². The Morgan fingerprint density at radius 2 is 2.10 bits per heavy atom. The van der Waals surface area contributed by atoms with E-state index in [0.717, 1.165) is 11.9 Å². The Morgan fingerprint density at radius 3 is 2.67 bits per heavy atom. The van der Waals surface area contributed by atoms with Gasteiger partial charge in [0.1, 0.15) is 0 Å². The molecule has 2 heterocycles. The molecule has 0 atom stereocenters. The fourth-order valence-electron chi connectivity index (χ4n) is 2.17. The number of aromatic nitrogens is 6. The van der Waals surface area contributed by atoms with Crippen molar-refractivity contribution in [2.45, 2.75) is 4.90 Å². The highest BCUT2D eigenvalue weighted by Crippen LogP contribution is 2.34. The number of rotatable bonds is 3. The molecule has 0 aliphatic rings. The van der Waals surface area contributed by atoms with Crippen molar-refractivity contribution < 1.29 is 8.42 Å². The summed E-state index contributed by atoms with van der Waals surface area (Å²) in [6, 6.07) is 5.01. The van der Waals surface area contributed by atoms with Crippen molar-refractivity contribution >= 4 is 9.84 Å². The fraction of sp³-hybridized carbons (Fsp3) is 0.167. The molecule has 1 aromatic carbocycles. The first-order valence-electron chi connectivity index (χ1n) is 6.02. The molecule has 0 fully saturated rings. The maximum absolute atomic E-state index is 12.0. The zero-order valence-corrected chi connectivity index (χ0v) is 12.2. The minimum atomic E-state index is -3.44. The van der Waals surface area contributed by atoms with Gasteiger partial charge in [-0.2, -0.15) is 5.21 Å². The quantitative estimate of drug-likeness (QED) is 0.762. The second-order valence-electron chi connectivity index (χ2n) is 4.58. The summed E-state index contributed by atoms with van der Waals surface area (Å²) in [6.45, 7) is 0. The van der Waals surface area contributed by atoms with Gasteiger partial charge < -0.3 is 4.57 Å². The number of nitrogens with one attached hydrogen (secondary N) is 1. The second kappa shape index (κ2) is 4.77. The van der Waals surface area contributed by atoms with Crippen molar-refractivity contribution in [2.75, 3.05) is 6.26 Å². The summed E-state index contributed by atoms with van der Waals surface area (Å²) in [5.74, 6) is 0.229. The van der Waals surface area contributed by atoms with Crippen LogP contribution in [0.2, 0.25) is 0 Å². The third-order valence-electron chi connectivity index (χ3n) is 3.09. The number of benzene rings is 1. The van der Waals surface area contributed by atoms with Crippen LogP contribution in [-0.2, 0) is 16.9 Å². The van der Waals surface area contributed by atoms with Crippen LogP contribution in [0.4, 0.5) is 0 Å². The lowest BCUT2D eigenvalue weighted by molar-refractivity contribution is 0.602. The molecule has 9 heteroatoms. The van der Waals surface area contributed by atoms with E-state index < -0.39 is 9.84 Å². The van der Waals surface area contributed by atoms with Crippen molar-refractivity contribution in [1.29, 1.82) is 0 Å². The van der Waals surface area contributed by atoms with Gasteiger partial charge in [0.05, 0.1) is 28.7 Å². The lowest BCUT2D eigenvalue weighted by Gasteiger charge is -2.11. The molecule has 0 spiro atoms. The molecule has 0 saturated carbocycles. The van der Waals surface area contributed by atoms with Gasteiger partial charge in [-0.15, -0.1) is 10.2 Å². The van der Waals surface area contributed by atoms with Crippen LogP contribution in [0.1, 0.15) is 0 Å². The van der Waals surface area contributed by atoms with Gasteiger partial charge in [0, 0.05) is 18.9 Å². The highest BCUT2D eigenvalue weighted by molar-refractivity contribution is 7.90. The van der Waals surface area contributed by atoms with Gasteiger partial charge in [-0.3, -0.25) is 0 Å². The monoisotopic (exact) mass is 304 g/mol. The molecule has 8 nitrogen and oxygen atoms in total. The van der Waals surface area contributed by atoms with Crippen LogP contribution in [-0.4, -0.2) is 44.8 Å². The molecule has 0 unspecified atom stereocenters. The van der Waals surface area contributed by atoms with E-state index in [1.54, 1.807) is 29.2 Å². The van der Waals surface area contributed by atoms with E-state index >= 15 is 0 Å². The van der Waals surface area contributed by atoms with Gasteiger partial charge in [0.2, 0.25) is 5.82 Å². The first kappa shape index (κ1) is 13.4. The zero-order valence-electron chi connectivity index (χ0n) is 11.3. The Bertz CT molecular complexity index is 882. The average Bonchev–Trinajstić information content (AvgIpc) is 3.07. The largest absolute Gasteiger partial charge is 0.334 e. The van der Waals surface area contributed by atoms with Gasteiger partial charge in [-0.1, -0.05) is 12.1 Å². The highest BCUT2D eigenvalue weighted by atomic mass is 32.2. The summed E-state index contributed by atoms with van der Waals surface area (Å²) in [5.41, 5.74) is 1.86. The topological polar surface area (TPSA) is 106 Å². The Labute approximate surface area is 120 Å². The molecule has 2 aromatic heterocycles. The number of imidazole rings is 1. The molecular formula is C12H12N6O2S. The van der Waals surface area contributed by atoms with Crippen LogP contribution >= 0.6 is 0 Å². The van der Waals surface area contributed by atoms with Gasteiger partial charge >= 0.3 is 0 Å². The predicted molar refractivity (Wildman–Crippen MR) is 74.9 cm³/mol. The Balaban J connectivity index is 2.39. The van der Waals surface area contributed by atoms with Crippen molar-refractivity contribution in [2.24, 2.45) is 7.05 Å². The lowest BCUT2D eigenvalue weighted by atomic mass is 10.0. The number of sulfone groups is 1. The van der Waals surface area contributed by atoms with Crippen molar-refractivity contribution in [3.63, 3.8) is 0 Å². The van der Waals surface area contributed by atoms with E-state index in [4.69, 9.17) is 0 Å². The molecular weight excluding hydrogens is 292 g/mol. The summed E-state index contributed by atoms with van der Waals surface area (Å²) in [4.78, 5) is 4.22. The third-order valence-corrected chi connectivity index (χ3v) is 4.23. The number of hydrogen-bond donors (Lipinski definition) is 1. The molecule has 0 aliphatic heterocycles. The fourth-order valence-corrected chi connectivity index (χ4v) is 3.07. The lowest BCUT2D eigenvalue weighted by Crippen LogP contribution is -2.03. The maximum Gasteiger partial charge on any atom is 0.206 e. The van der Waals surface area contributed by atoms with Crippen molar-refractivity contribution in [3.05, 3.63) is 30.7 Å². The number of aryl methyl sites for hydroxylation is 1. The van der Waals surface area contributed by atoms with Crippen LogP contribution in [0, 0.1) is 0 Å². The number of H-pyrrole nitrogens is 1. The summed E-state index contributed by atoms with van der Waals surface area (Å²) in [6.07, 6.45) is 4.45. The minimum Gasteiger partial charge on any atom is -0.334 e. The highest BCUT2D eigenvalue weighted by Gasteiger charge is 2.22. The molecule has 0 amide bonds. The molecule has 0 aliphatic carbocycles. The molecule has 0 saturated heterocycles. The number of hydrogen-bond acceptors (Lipinski definition) is 6. The van der Waals surface area contributed by atoms with Gasteiger partial charge in [-0.05, 0) is 11.3 Å². The van der Waals surface area contributed by atoms with E-state index in [9.17, 15) is 8.42 Å². The van der Waals surface area contributed by atoms with E-state index in [2.05, 4.69) is 25.6 Å². The van der Waals surface area contributed by atoms with Crippen LogP contribution < -0.4 is 0 Å². The standard InChI is InChI=1S/C12H12N6O2S/c1-18-7-13-6-9(18)8-4-3-5-10(21(2,19)20)11(8)12-14-16-17-15-12/h3-7H,1-2H3,(H,14,15,16,17). The SMILES string of the molecule is Cn1cncc1-c1cccc(S(C)(=O)=O)c1-c1nn[nH]n1. The molecule has 108 valence electrons. The smallest absolute Gasteiger partial charge is 0.206 e. The van der Waals surface area contributed by atoms with E-state index in [1.165, 1.54) is 6.07 Å². The van der Waals surface area contributed by atoms with Crippen LogP contribution in [0.25, 0.3) is 22.6 Å². The zero-order chi connectivity index (χ0) is 15.0. The number of tetrazole rings is 1. The molecule has 1 N–H and O–H groups in total. The average molecular weight is 304 g/mol. The first-order valence-corrected chi connectivity index (χ1v) is 7.91. The first-order chi connectivity index (χ1) is 9.98. The minimum absolute atomic E-state index is 0.155. The van der Waals surface area contributed by atoms with E-state index in [1.807, 2.05) is 7.05 Å². The van der Waals surface area contributed by atoms with E-state index in [-0.39, 0.29) is 10.7 Å². The van der Waals surface area contributed by atoms with Crippen LogP contribution in [0.15, 0.2) is 35.6 Å². The Morgan fingerprint density at radius 1 is 1.29 bits per heavy atom. The van der Waals surface area contributed by atoms with Crippen LogP contribution in [0.5, 0.6) is 0 Å². The second-order valence-corrected chi connectivity index (χ2v) is 6.56. The molecule has 0 bridgehead atoms. The molecule has 3 aromatic rings. The van der Waals surface area contributed by atoms with E-state index in [0.29, 0.717) is 11.1 Å². The Kier molecular flexibility index (Phi) is 3.05. The van der Waals surface area contributed by atoms with Gasteiger partial charge in [-0.25, -0.2) is 13.4 Å². The van der Waals surface area contributed by atoms with Gasteiger partial charge in [0.15, 0.2) is 9.84 Å². The number of aromatic amines is 1. The predicted octanol–water partition coefficient (Wildman–Crippen LogP) is 0.671. The molecule has 3 rings (SSSR count). The summed E-state index contributed by atoms with van der Waals surface area (Å²) in [7, 11) is -1.61. The van der Waals surface area contributed by atoms with Crippen LogP contribution in [0.3, 0.4) is 0 Å². The van der Waals surface area contributed by atoms with Crippen molar-refractivity contribution in [1.82, 2.24) is 30.2 Å². The molecule has 21 heavy (non-hydrogen) atoms. The Hall–Kier alpha value is -2.55. The summed E-state index contributed by atoms with van der Waals surface area (Å²) in [5, 5.41) is 13.7. The summed E-state index contributed by atoms with van der Waals surface area (Å²) >= 11 is 0. The third kappa shape index (κ3) is 2.31. The normalized spacial score (nSPS) is 11.7.